The third kappa shape index (κ3) is 6.64. The Kier molecular flexibility index (Phi) is 8.83. The lowest BCUT2D eigenvalue weighted by molar-refractivity contribution is -0.128. The van der Waals surface area contributed by atoms with E-state index in [1.165, 1.54) is 23.1 Å². The molecule has 1 N–H and O–H groups in total. The molecule has 0 radical (unpaired) electrons. The van der Waals surface area contributed by atoms with Crippen LogP contribution in [0.2, 0.25) is 5.02 Å². The predicted octanol–water partition coefficient (Wildman–Crippen LogP) is 4.89. The van der Waals surface area contributed by atoms with Crippen molar-refractivity contribution < 1.29 is 14.3 Å². The van der Waals surface area contributed by atoms with E-state index in [0.717, 1.165) is 42.8 Å². The Bertz CT molecular complexity index is 1100. The number of carbonyl (C=O) groups excluding carboxylic acids is 2. The van der Waals surface area contributed by atoms with E-state index in [-0.39, 0.29) is 24.4 Å². The number of methoxy groups -OCH3 is 1. The first-order valence-corrected chi connectivity index (χ1v) is 13.2. The molecule has 35 heavy (non-hydrogen) atoms. The number of carbonyl (C=O) groups is 2. The zero-order valence-corrected chi connectivity index (χ0v) is 21.9. The van der Waals surface area contributed by atoms with Crippen LogP contribution in [-0.4, -0.2) is 59.2 Å². The second kappa shape index (κ2) is 12.0. The van der Waals surface area contributed by atoms with Gasteiger partial charge in [-0.3, -0.25) is 19.4 Å². The van der Waals surface area contributed by atoms with E-state index in [4.69, 9.17) is 28.6 Å². The third-order valence-electron chi connectivity index (χ3n) is 6.17. The molecule has 2 aromatic rings. The molecule has 184 valence electrons. The number of piperidine rings is 1. The van der Waals surface area contributed by atoms with Crippen molar-refractivity contribution in [2.24, 2.45) is 0 Å². The van der Waals surface area contributed by atoms with Crippen LogP contribution in [0.5, 0.6) is 5.75 Å². The lowest BCUT2D eigenvalue weighted by Crippen LogP contribution is -2.44. The molecule has 4 rings (SSSR count). The fourth-order valence-electron chi connectivity index (χ4n) is 4.27. The van der Waals surface area contributed by atoms with Crippen molar-refractivity contribution in [1.82, 2.24) is 15.1 Å². The zero-order chi connectivity index (χ0) is 24.8. The van der Waals surface area contributed by atoms with Gasteiger partial charge in [0.25, 0.3) is 5.91 Å². The van der Waals surface area contributed by atoms with E-state index in [0.29, 0.717) is 20.8 Å². The Balaban J connectivity index is 1.39. The van der Waals surface area contributed by atoms with Crippen molar-refractivity contribution in [2.75, 3.05) is 33.3 Å². The van der Waals surface area contributed by atoms with Crippen molar-refractivity contribution >= 4 is 57.8 Å². The summed E-state index contributed by atoms with van der Waals surface area (Å²) in [5, 5.41) is 3.67. The van der Waals surface area contributed by atoms with Gasteiger partial charge < -0.3 is 10.1 Å². The van der Waals surface area contributed by atoms with Crippen molar-refractivity contribution in [3.05, 3.63) is 69.6 Å². The number of ether oxygens (including phenoxy) is 1. The minimum Gasteiger partial charge on any atom is -0.497 e. The number of hydrogen-bond donors (Lipinski definition) is 1. The summed E-state index contributed by atoms with van der Waals surface area (Å²) in [6.07, 6.45) is 5.30. The lowest BCUT2D eigenvalue weighted by atomic mass is 10.0. The molecule has 0 aromatic heterocycles. The number of hydrogen-bond acceptors (Lipinski definition) is 6. The van der Waals surface area contributed by atoms with E-state index in [1.54, 1.807) is 25.3 Å². The highest BCUT2D eigenvalue weighted by atomic mass is 35.5. The average molecular weight is 530 g/mol. The second-order valence-corrected chi connectivity index (χ2v) is 10.6. The number of nitrogens with zero attached hydrogens (tertiary/aromatic N) is 2. The molecular formula is C26H28ClN3O3S2. The average Bonchev–Trinajstić information content (AvgIpc) is 3.13. The van der Waals surface area contributed by atoms with Gasteiger partial charge in [-0.2, -0.15) is 0 Å². The van der Waals surface area contributed by atoms with E-state index in [9.17, 15) is 9.59 Å². The molecule has 2 aliphatic rings. The number of amides is 2. The monoisotopic (exact) mass is 529 g/mol. The number of thioether (sulfide) groups is 1. The van der Waals surface area contributed by atoms with Gasteiger partial charge in [-0.25, -0.2) is 0 Å². The van der Waals surface area contributed by atoms with Gasteiger partial charge in [0.2, 0.25) is 5.91 Å². The van der Waals surface area contributed by atoms with Crippen molar-refractivity contribution in [2.45, 2.75) is 25.3 Å². The maximum absolute atomic E-state index is 12.9. The van der Waals surface area contributed by atoms with Gasteiger partial charge >= 0.3 is 0 Å². The quantitative estimate of drug-likeness (QED) is 0.388. The molecule has 6 nitrogen and oxygen atoms in total. The van der Waals surface area contributed by atoms with E-state index >= 15 is 0 Å². The Labute approximate surface area is 220 Å². The molecular weight excluding hydrogens is 502 g/mol. The number of nitrogens with one attached hydrogen (secondary N) is 1. The summed E-state index contributed by atoms with van der Waals surface area (Å²) < 4.78 is 5.68. The molecule has 0 saturated carbocycles. The first kappa shape index (κ1) is 25.7. The molecule has 0 spiro atoms. The summed E-state index contributed by atoms with van der Waals surface area (Å²) in [5.74, 6) is 0.314. The maximum Gasteiger partial charge on any atom is 0.266 e. The predicted molar refractivity (Wildman–Crippen MR) is 145 cm³/mol. The second-order valence-electron chi connectivity index (χ2n) is 8.51. The number of rotatable bonds is 8. The molecule has 2 aliphatic heterocycles. The van der Waals surface area contributed by atoms with E-state index < -0.39 is 0 Å². The topological polar surface area (TPSA) is 61.9 Å². The highest BCUT2D eigenvalue weighted by molar-refractivity contribution is 8.26. The van der Waals surface area contributed by atoms with E-state index in [2.05, 4.69) is 10.2 Å². The number of thiocarbonyl (C=S) groups is 1. The molecule has 2 heterocycles. The summed E-state index contributed by atoms with van der Waals surface area (Å²) in [5.41, 5.74) is 1.98. The molecule has 9 heteroatoms. The Hall–Kier alpha value is -2.39. The zero-order valence-electron chi connectivity index (χ0n) is 19.5. The summed E-state index contributed by atoms with van der Waals surface area (Å²) >= 11 is 12.5. The van der Waals surface area contributed by atoms with Crippen LogP contribution in [0.15, 0.2) is 53.4 Å². The fraction of sp³-hybridized carbons (Fsp3) is 0.346. The molecule has 0 aliphatic carbocycles. The summed E-state index contributed by atoms with van der Waals surface area (Å²) in [6.45, 7) is 2.35. The first-order chi connectivity index (χ1) is 16.9. The van der Waals surface area contributed by atoms with Gasteiger partial charge in [-0.1, -0.05) is 66.3 Å². The lowest BCUT2D eigenvalue weighted by Gasteiger charge is -2.35. The van der Waals surface area contributed by atoms with Crippen molar-refractivity contribution in [1.29, 1.82) is 0 Å². The van der Waals surface area contributed by atoms with Crippen LogP contribution in [0.4, 0.5) is 0 Å². The number of likely N-dealkylation sites (tertiary alicyclic amines) is 1. The van der Waals surface area contributed by atoms with Gasteiger partial charge in [0.05, 0.1) is 18.1 Å². The van der Waals surface area contributed by atoms with Crippen molar-refractivity contribution in [3.63, 3.8) is 0 Å². The SMILES string of the molecule is COc1ccc(C(CNC(=O)CN2C(=O)/C(=C/c3ccc(Cl)cc3)SC2=S)N2CCCCC2)cc1. The van der Waals surface area contributed by atoms with Gasteiger partial charge in [0.1, 0.15) is 16.6 Å². The Morgan fingerprint density at radius 3 is 2.49 bits per heavy atom. The smallest absolute Gasteiger partial charge is 0.266 e. The molecule has 0 bridgehead atoms. The fourth-order valence-corrected chi connectivity index (χ4v) is 5.65. The summed E-state index contributed by atoms with van der Waals surface area (Å²) in [6, 6.07) is 15.3. The van der Waals surface area contributed by atoms with Crippen LogP contribution in [-0.2, 0) is 9.59 Å². The molecule has 1 atom stereocenters. The van der Waals surface area contributed by atoms with E-state index in [1.807, 2.05) is 36.4 Å². The van der Waals surface area contributed by atoms with Crippen LogP contribution in [0, 0.1) is 0 Å². The number of halogens is 1. The van der Waals surface area contributed by atoms with Crippen LogP contribution < -0.4 is 10.1 Å². The molecule has 2 fully saturated rings. The van der Waals surface area contributed by atoms with Gasteiger partial charge in [-0.05, 0) is 67.4 Å². The van der Waals surface area contributed by atoms with Crippen molar-refractivity contribution in [3.8, 4) is 5.75 Å². The molecule has 1 unspecified atom stereocenters. The summed E-state index contributed by atoms with van der Waals surface area (Å²) in [7, 11) is 1.65. The summed E-state index contributed by atoms with van der Waals surface area (Å²) in [4.78, 5) is 30.1. The number of benzene rings is 2. The van der Waals surface area contributed by atoms with Gasteiger partial charge in [-0.15, -0.1) is 0 Å². The highest BCUT2D eigenvalue weighted by Gasteiger charge is 2.33. The third-order valence-corrected chi connectivity index (χ3v) is 7.80. The first-order valence-electron chi connectivity index (χ1n) is 11.6. The standard InChI is InChI=1S/C26H28ClN3O3S2/c1-33-21-11-7-19(8-12-21)22(29-13-3-2-4-14-29)16-28-24(31)17-30-25(32)23(35-26(30)34)15-18-5-9-20(27)10-6-18/h5-12,15,22H,2-4,13-14,16-17H2,1H3,(H,28,31)/b23-15-. The largest absolute Gasteiger partial charge is 0.497 e. The Morgan fingerprint density at radius 2 is 1.83 bits per heavy atom. The maximum atomic E-state index is 12.9. The highest BCUT2D eigenvalue weighted by Crippen LogP contribution is 2.32. The normalized spacial score (nSPS) is 18.7. The van der Waals surface area contributed by atoms with Crippen LogP contribution >= 0.6 is 35.6 Å². The Morgan fingerprint density at radius 1 is 1.14 bits per heavy atom. The van der Waals surface area contributed by atoms with Crippen LogP contribution in [0.1, 0.15) is 36.4 Å². The van der Waals surface area contributed by atoms with Gasteiger partial charge in [0, 0.05) is 11.6 Å². The van der Waals surface area contributed by atoms with Crippen LogP contribution in [0.25, 0.3) is 6.08 Å². The molecule has 2 aromatic carbocycles. The minimum absolute atomic E-state index is 0.0566. The minimum atomic E-state index is -0.257. The molecule has 2 saturated heterocycles. The molecule has 2 amide bonds. The van der Waals surface area contributed by atoms with Gasteiger partial charge in [0.15, 0.2) is 0 Å². The van der Waals surface area contributed by atoms with Crippen LogP contribution in [0.3, 0.4) is 0 Å².